The Morgan fingerprint density at radius 2 is 1.88 bits per heavy atom. The number of carbonyl (C=O) groups excluding carboxylic acids is 2. The molecule has 1 amide bonds. The number of ketones is 1. The van der Waals surface area contributed by atoms with Gasteiger partial charge in [-0.15, -0.1) is 0 Å². The number of carbonyl (C=O) groups is 2. The number of rotatable bonds is 8. The molecule has 1 fully saturated rings. The minimum atomic E-state index is -0.793. The molecule has 3 rings (SSSR count). The summed E-state index contributed by atoms with van der Waals surface area (Å²) in [4.78, 5) is 27.4. The molecule has 0 saturated carbocycles. The maximum absolute atomic E-state index is 13.0. The van der Waals surface area contributed by atoms with Crippen LogP contribution in [0.4, 0.5) is 0 Å². The molecule has 2 aromatic carbocycles. The number of Topliss-reactive ketones (excluding diaryl/α,β-unsaturated/α-hetero) is 1. The lowest BCUT2D eigenvalue weighted by Crippen LogP contribution is -2.32. The van der Waals surface area contributed by atoms with Crippen molar-refractivity contribution in [2.24, 2.45) is 0 Å². The van der Waals surface area contributed by atoms with E-state index in [1.165, 1.54) is 19.1 Å². The Hall–Kier alpha value is -2.84. The second-order valence-electron chi connectivity index (χ2n) is 7.29. The van der Waals surface area contributed by atoms with E-state index in [4.69, 9.17) is 14.2 Å². The van der Waals surface area contributed by atoms with E-state index in [1.807, 2.05) is 13.8 Å². The molecule has 0 radical (unpaired) electrons. The van der Waals surface area contributed by atoms with Crippen molar-refractivity contribution in [2.45, 2.75) is 19.9 Å². The molecule has 1 atom stereocenters. The van der Waals surface area contributed by atoms with E-state index < -0.39 is 17.7 Å². The monoisotopic (exact) mass is 503 g/mol. The van der Waals surface area contributed by atoms with Crippen molar-refractivity contribution in [1.82, 2.24) is 4.90 Å². The van der Waals surface area contributed by atoms with Gasteiger partial charge >= 0.3 is 0 Å². The largest absolute Gasteiger partial charge is 0.507 e. The van der Waals surface area contributed by atoms with Crippen molar-refractivity contribution in [3.63, 3.8) is 0 Å². The highest BCUT2D eigenvalue weighted by Gasteiger charge is 2.46. The number of aliphatic hydroxyl groups excluding tert-OH is 1. The van der Waals surface area contributed by atoms with Crippen LogP contribution in [0.15, 0.2) is 46.4 Å². The summed E-state index contributed by atoms with van der Waals surface area (Å²) in [7, 11) is 3.05. The second kappa shape index (κ2) is 10.2. The summed E-state index contributed by atoms with van der Waals surface area (Å²) in [5.41, 5.74) is 2.00. The molecule has 1 aliphatic rings. The summed E-state index contributed by atoms with van der Waals surface area (Å²) < 4.78 is 17.1. The third-order valence-electron chi connectivity index (χ3n) is 5.31. The van der Waals surface area contributed by atoms with Crippen molar-refractivity contribution < 1.29 is 28.9 Å². The Kier molecular flexibility index (Phi) is 7.58. The zero-order chi connectivity index (χ0) is 23.4. The Morgan fingerprint density at radius 1 is 1.12 bits per heavy atom. The predicted molar refractivity (Wildman–Crippen MR) is 124 cm³/mol. The van der Waals surface area contributed by atoms with Crippen LogP contribution < -0.4 is 9.47 Å². The third-order valence-corrected chi connectivity index (χ3v) is 6.20. The number of likely N-dealkylation sites (tertiary alicyclic amines) is 1. The number of ether oxygens (including phenoxy) is 3. The fraction of sp³-hybridized carbons (Fsp3) is 0.333. The van der Waals surface area contributed by atoms with E-state index in [0.29, 0.717) is 29.2 Å². The first-order valence-corrected chi connectivity index (χ1v) is 11.0. The van der Waals surface area contributed by atoms with Gasteiger partial charge in [-0.05, 0) is 49.2 Å². The molecule has 32 heavy (non-hydrogen) atoms. The van der Waals surface area contributed by atoms with Gasteiger partial charge in [0.2, 0.25) is 0 Å². The molecule has 0 spiro atoms. The van der Waals surface area contributed by atoms with Gasteiger partial charge in [-0.1, -0.05) is 28.1 Å². The number of nitrogens with zero attached hydrogens (tertiary/aromatic N) is 1. The van der Waals surface area contributed by atoms with Crippen LogP contribution in [-0.2, 0) is 14.3 Å². The van der Waals surface area contributed by atoms with Gasteiger partial charge in [0, 0.05) is 23.7 Å². The molecule has 7 nitrogen and oxygen atoms in total. The van der Waals surface area contributed by atoms with Gasteiger partial charge in [-0.2, -0.15) is 0 Å². The molecule has 0 aliphatic carbocycles. The van der Waals surface area contributed by atoms with E-state index in [9.17, 15) is 14.7 Å². The first-order valence-electron chi connectivity index (χ1n) is 10.2. The van der Waals surface area contributed by atoms with Gasteiger partial charge in [0.05, 0.1) is 31.9 Å². The number of benzene rings is 2. The normalized spacial score (nSPS) is 17.7. The van der Waals surface area contributed by atoms with Gasteiger partial charge in [-0.3, -0.25) is 9.59 Å². The van der Waals surface area contributed by atoms with Gasteiger partial charge < -0.3 is 24.2 Å². The SMILES string of the molecule is CCOc1ccc(C2/C(=C(/O)c3ccc(Br)c(C)c3)C(=O)C(=O)N2CCOC)cc1OC. The smallest absolute Gasteiger partial charge is 0.295 e. The highest BCUT2D eigenvalue weighted by molar-refractivity contribution is 9.10. The Labute approximate surface area is 195 Å². The van der Waals surface area contributed by atoms with Crippen LogP contribution in [0, 0.1) is 6.92 Å². The lowest BCUT2D eigenvalue weighted by molar-refractivity contribution is -0.140. The van der Waals surface area contributed by atoms with Crippen LogP contribution in [0.5, 0.6) is 11.5 Å². The Balaban J connectivity index is 2.19. The Morgan fingerprint density at radius 3 is 2.50 bits per heavy atom. The number of hydrogen-bond donors (Lipinski definition) is 1. The summed E-state index contributed by atoms with van der Waals surface area (Å²) in [6, 6.07) is 9.69. The van der Waals surface area contributed by atoms with E-state index >= 15 is 0 Å². The average Bonchev–Trinajstić information content (AvgIpc) is 3.04. The van der Waals surface area contributed by atoms with Crippen LogP contribution in [0.25, 0.3) is 5.76 Å². The van der Waals surface area contributed by atoms with Gasteiger partial charge in [0.15, 0.2) is 11.5 Å². The highest BCUT2D eigenvalue weighted by atomic mass is 79.9. The van der Waals surface area contributed by atoms with Crippen molar-refractivity contribution in [3.05, 3.63) is 63.1 Å². The van der Waals surface area contributed by atoms with Crippen LogP contribution >= 0.6 is 15.9 Å². The summed E-state index contributed by atoms with van der Waals surface area (Å²) in [5.74, 6) is -0.624. The molecule has 1 saturated heterocycles. The summed E-state index contributed by atoms with van der Waals surface area (Å²) in [5, 5.41) is 11.1. The molecule has 1 unspecified atom stereocenters. The minimum Gasteiger partial charge on any atom is -0.507 e. The first kappa shape index (κ1) is 23.8. The molecule has 0 aromatic heterocycles. The van der Waals surface area contributed by atoms with Gasteiger partial charge in [-0.25, -0.2) is 0 Å². The quantitative estimate of drug-likeness (QED) is 0.329. The molecule has 1 N–H and O–H groups in total. The van der Waals surface area contributed by atoms with E-state index in [-0.39, 0.29) is 24.5 Å². The second-order valence-corrected chi connectivity index (χ2v) is 8.15. The van der Waals surface area contributed by atoms with Crippen LogP contribution in [0.1, 0.15) is 29.7 Å². The lowest BCUT2D eigenvalue weighted by atomic mass is 9.94. The van der Waals surface area contributed by atoms with Crippen molar-refractivity contribution in [1.29, 1.82) is 0 Å². The van der Waals surface area contributed by atoms with Crippen LogP contribution in [-0.4, -0.2) is 55.7 Å². The molecule has 170 valence electrons. The van der Waals surface area contributed by atoms with Gasteiger partial charge in [0.25, 0.3) is 11.7 Å². The fourth-order valence-electron chi connectivity index (χ4n) is 3.72. The van der Waals surface area contributed by atoms with Crippen LogP contribution in [0.2, 0.25) is 0 Å². The van der Waals surface area contributed by atoms with Gasteiger partial charge in [0.1, 0.15) is 5.76 Å². The third kappa shape index (κ3) is 4.52. The maximum Gasteiger partial charge on any atom is 0.295 e. The Bertz CT molecular complexity index is 1060. The molecule has 1 aliphatic heterocycles. The predicted octanol–water partition coefficient (Wildman–Crippen LogP) is 4.23. The zero-order valence-corrected chi connectivity index (χ0v) is 20.1. The zero-order valence-electron chi connectivity index (χ0n) is 18.5. The molecular weight excluding hydrogens is 478 g/mol. The highest BCUT2D eigenvalue weighted by Crippen LogP contribution is 2.42. The average molecular weight is 504 g/mol. The number of aliphatic hydroxyl groups is 1. The molecule has 0 bridgehead atoms. The number of hydrogen-bond acceptors (Lipinski definition) is 6. The number of methoxy groups -OCH3 is 2. The standard InChI is InChI=1S/C24H26BrNO6/c1-5-32-18-9-7-15(13-19(18)31-4)21-20(23(28)24(29)26(21)10-11-30-3)22(27)16-6-8-17(25)14(2)12-16/h6-9,12-13,21,27H,5,10-11H2,1-4H3/b22-20-. The number of aryl methyl sites for hydroxylation is 1. The number of amides is 1. The lowest BCUT2D eigenvalue weighted by Gasteiger charge is -2.25. The number of halogens is 1. The summed E-state index contributed by atoms with van der Waals surface area (Å²) in [6.07, 6.45) is 0. The molecule has 8 heteroatoms. The van der Waals surface area contributed by atoms with Crippen molar-refractivity contribution in [2.75, 3.05) is 34.0 Å². The fourth-order valence-corrected chi connectivity index (χ4v) is 3.97. The van der Waals surface area contributed by atoms with Crippen LogP contribution in [0.3, 0.4) is 0 Å². The molecule has 1 heterocycles. The summed E-state index contributed by atoms with van der Waals surface area (Å²) in [6.45, 7) is 4.65. The summed E-state index contributed by atoms with van der Waals surface area (Å²) >= 11 is 3.44. The first-order chi connectivity index (χ1) is 15.3. The minimum absolute atomic E-state index is 0.0269. The van der Waals surface area contributed by atoms with E-state index in [2.05, 4.69) is 15.9 Å². The van der Waals surface area contributed by atoms with E-state index in [1.54, 1.807) is 36.4 Å². The van der Waals surface area contributed by atoms with Crippen molar-refractivity contribution in [3.8, 4) is 11.5 Å². The maximum atomic E-state index is 13.0. The van der Waals surface area contributed by atoms with E-state index in [0.717, 1.165) is 10.0 Å². The topological polar surface area (TPSA) is 85.3 Å². The molecular formula is C24H26BrNO6. The van der Waals surface area contributed by atoms with Crippen molar-refractivity contribution >= 4 is 33.4 Å². The molecule has 2 aromatic rings.